The van der Waals surface area contributed by atoms with Crippen LogP contribution in [0.15, 0.2) is 36.4 Å². The molecule has 1 aliphatic heterocycles. The number of aliphatic hydroxyl groups is 1. The van der Waals surface area contributed by atoms with Crippen LogP contribution in [0.4, 0.5) is 0 Å². The number of benzene rings is 2. The summed E-state index contributed by atoms with van der Waals surface area (Å²) >= 11 is 0. The first kappa shape index (κ1) is 43.1. The molecule has 2 heterocycles. The van der Waals surface area contributed by atoms with E-state index in [2.05, 4.69) is 26.4 Å². The molecule has 0 spiro atoms. The zero-order valence-corrected chi connectivity index (χ0v) is 33.5. The SMILES string of the molecule is COc1ccc2cc1Oc1cccc(OC)c1CNC(=O)[C@@H](C(C)C)NC(=O)[C@H]([C@@H](C)O)NC(=O)CN(C(=O)CCc1c(C)nn(C)c1C)CCCCNC2=O. The normalized spacial score (nSPS) is 18.4. The highest BCUT2D eigenvalue weighted by Crippen LogP contribution is 2.37. The first-order valence-electron chi connectivity index (χ1n) is 18.8. The van der Waals surface area contributed by atoms with E-state index in [1.54, 1.807) is 54.9 Å². The maximum absolute atomic E-state index is 13.7. The molecule has 1 aromatic heterocycles. The first-order valence-corrected chi connectivity index (χ1v) is 18.8. The second-order valence-corrected chi connectivity index (χ2v) is 14.2. The first-order chi connectivity index (χ1) is 26.6. The lowest BCUT2D eigenvalue weighted by Crippen LogP contribution is -2.59. The van der Waals surface area contributed by atoms with Crippen molar-refractivity contribution in [3.05, 3.63) is 64.5 Å². The van der Waals surface area contributed by atoms with Gasteiger partial charge in [-0.25, -0.2) is 0 Å². The average molecular weight is 778 g/mol. The molecule has 3 atom stereocenters. The van der Waals surface area contributed by atoms with E-state index in [-0.39, 0.29) is 50.2 Å². The van der Waals surface area contributed by atoms with Crippen LogP contribution in [0.3, 0.4) is 0 Å². The molecule has 304 valence electrons. The van der Waals surface area contributed by atoms with E-state index in [0.29, 0.717) is 47.6 Å². The summed E-state index contributed by atoms with van der Waals surface area (Å²) in [6.45, 7) is 8.68. The Balaban J connectivity index is 1.65. The van der Waals surface area contributed by atoms with Crippen LogP contribution < -0.4 is 35.5 Å². The third-order valence-electron chi connectivity index (χ3n) is 9.80. The maximum Gasteiger partial charge on any atom is 0.251 e. The summed E-state index contributed by atoms with van der Waals surface area (Å²) in [4.78, 5) is 69.1. The summed E-state index contributed by atoms with van der Waals surface area (Å²) in [6, 6.07) is 7.40. The molecule has 0 saturated heterocycles. The number of aryl methyl sites for hydroxylation is 2. The van der Waals surface area contributed by atoms with Crippen LogP contribution in [0.1, 0.15) is 72.9 Å². The average Bonchev–Trinajstić information content (AvgIpc) is 3.41. The van der Waals surface area contributed by atoms with Gasteiger partial charge in [0.1, 0.15) is 23.6 Å². The van der Waals surface area contributed by atoms with Gasteiger partial charge in [0, 0.05) is 37.8 Å². The molecule has 5 N–H and O–H groups in total. The number of nitrogens with zero attached hydrogens (tertiary/aromatic N) is 3. The minimum Gasteiger partial charge on any atom is -0.496 e. The van der Waals surface area contributed by atoms with E-state index in [4.69, 9.17) is 14.2 Å². The highest BCUT2D eigenvalue weighted by Gasteiger charge is 2.32. The third kappa shape index (κ3) is 11.0. The number of methoxy groups -OCH3 is 2. The molecule has 56 heavy (non-hydrogen) atoms. The second kappa shape index (κ2) is 19.8. The van der Waals surface area contributed by atoms with Gasteiger partial charge < -0.3 is 45.5 Å². The number of carbonyl (C=O) groups excluding carboxylic acids is 5. The fraction of sp³-hybridized carbons (Fsp3) is 0.500. The van der Waals surface area contributed by atoms with Gasteiger partial charge in [-0.2, -0.15) is 5.10 Å². The van der Waals surface area contributed by atoms with Crippen molar-refractivity contribution in [1.29, 1.82) is 0 Å². The lowest BCUT2D eigenvalue weighted by Gasteiger charge is -2.28. The molecule has 2 bridgehead atoms. The van der Waals surface area contributed by atoms with Gasteiger partial charge in [-0.3, -0.25) is 28.7 Å². The summed E-state index contributed by atoms with van der Waals surface area (Å²) in [5, 5.41) is 26.1. The summed E-state index contributed by atoms with van der Waals surface area (Å²) < 4.78 is 19.2. The minimum absolute atomic E-state index is 0.0693. The van der Waals surface area contributed by atoms with E-state index in [9.17, 15) is 29.1 Å². The Labute approximate surface area is 327 Å². The second-order valence-electron chi connectivity index (χ2n) is 14.2. The molecular weight excluding hydrogens is 722 g/mol. The number of hydrogen-bond donors (Lipinski definition) is 5. The molecule has 3 aromatic rings. The van der Waals surface area contributed by atoms with Crippen LogP contribution in [0.2, 0.25) is 0 Å². The van der Waals surface area contributed by atoms with Gasteiger partial charge in [-0.15, -0.1) is 0 Å². The van der Waals surface area contributed by atoms with Crippen LogP contribution in [0.25, 0.3) is 0 Å². The van der Waals surface area contributed by atoms with Gasteiger partial charge in [0.15, 0.2) is 11.5 Å². The summed E-state index contributed by atoms with van der Waals surface area (Å²) in [7, 11) is 4.79. The van der Waals surface area contributed by atoms with Crippen LogP contribution in [-0.4, -0.2) is 101 Å². The van der Waals surface area contributed by atoms with E-state index >= 15 is 0 Å². The van der Waals surface area contributed by atoms with Crippen molar-refractivity contribution >= 4 is 29.5 Å². The van der Waals surface area contributed by atoms with Crippen LogP contribution >= 0.6 is 0 Å². The van der Waals surface area contributed by atoms with Gasteiger partial charge in [-0.1, -0.05) is 19.9 Å². The standard InChI is InChI=1S/C40H55N7O9/c1-23(2)36-39(52)42-21-29-30(54-7)12-11-13-31(29)56-33-20-27(14-16-32(33)55-8)38(51)41-18-9-10-19-47(22-34(49)43-37(26(5)48)40(53)44-36)35(50)17-15-28-24(3)45-46(6)25(28)4/h11-14,16,20,23,26,36-37,48H,9-10,15,17-19,21-22H2,1-8H3,(H,41,51)(H,42,52)(H,43,49)(H,44,53)/t26-,36-,37+/m1/s1. The zero-order chi connectivity index (χ0) is 41.1. The van der Waals surface area contributed by atoms with Crippen molar-refractivity contribution in [2.75, 3.05) is 33.9 Å². The van der Waals surface area contributed by atoms with Crippen molar-refractivity contribution in [1.82, 2.24) is 35.9 Å². The van der Waals surface area contributed by atoms with Gasteiger partial charge in [0.05, 0.1) is 44.7 Å². The summed E-state index contributed by atoms with van der Waals surface area (Å²) in [5.74, 6) is -1.66. The lowest BCUT2D eigenvalue weighted by molar-refractivity contribution is -0.138. The number of aliphatic hydroxyl groups excluding tert-OH is 1. The molecule has 16 nitrogen and oxygen atoms in total. The molecule has 0 fully saturated rings. The highest BCUT2D eigenvalue weighted by atomic mass is 16.5. The molecule has 0 unspecified atom stereocenters. The molecule has 2 aromatic carbocycles. The summed E-state index contributed by atoms with van der Waals surface area (Å²) in [5.41, 5.74) is 3.50. The van der Waals surface area contributed by atoms with Gasteiger partial charge in [-0.05, 0) is 81.8 Å². The van der Waals surface area contributed by atoms with Crippen LogP contribution in [-0.2, 0) is 39.2 Å². The quantitative estimate of drug-likeness (QED) is 0.237. The molecule has 1 aliphatic rings. The predicted molar refractivity (Wildman–Crippen MR) is 207 cm³/mol. The predicted octanol–water partition coefficient (Wildman–Crippen LogP) is 2.45. The Bertz CT molecular complexity index is 1890. The van der Waals surface area contributed by atoms with Gasteiger partial charge in [0.25, 0.3) is 5.91 Å². The monoisotopic (exact) mass is 777 g/mol. The molecule has 0 saturated carbocycles. The van der Waals surface area contributed by atoms with E-state index in [0.717, 1.165) is 17.0 Å². The number of rotatable bonds is 7. The minimum atomic E-state index is -1.43. The lowest BCUT2D eigenvalue weighted by atomic mass is 10.0. The largest absolute Gasteiger partial charge is 0.496 e. The van der Waals surface area contributed by atoms with Crippen LogP contribution in [0, 0.1) is 19.8 Å². The van der Waals surface area contributed by atoms with Crippen molar-refractivity contribution in [2.24, 2.45) is 13.0 Å². The van der Waals surface area contributed by atoms with Crippen molar-refractivity contribution in [3.63, 3.8) is 0 Å². The Kier molecular flexibility index (Phi) is 15.2. The third-order valence-corrected chi connectivity index (χ3v) is 9.80. The highest BCUT2D eigenvalue weighted by molar-refractivity contribution is 5.95. The fourth-order valence-electron chi connectivity index (χ4n) is 6.48. The number of nitrogens with one attached hydrogen (secondary N) is 4. The number of fused-ring (bicyclic) bond motifs is 3. The molecular formula is C40H55N7O9. The van der Waals surface area contributed by atoms with Crippen molar-refractivity contribution in [3.8, 4) is 23.0 Å². The fourth-order valence-corrected chi connectivity index (χ4v) is 6.48. The van der Waals surface area contributed by atoms with E-state index < -0.39 is 41.8 Å². The van der Waals surface area contributed by atoms with Gasteiger partial charge in [0.2, 0.25) is 23.6 Å². The number of hydrogen-bond acceptors (Lipinski definition) is 10. The number of carbonyl (C=O) groups is 5. The van der Waals surface area contributed by atoms with E-state index in [1.807, 2.05) is 20.9 Å². The zero-order valence-electron chi connectivity index (χ0n) is 33.5. The molecule has 4 rings (SSSR count). The van der Waals surface area contributed by atoms with Crippen LogP contribution in [0.5, 0.6) is 23.0 Å². The Hall–Kier alpha value is -5.64. The Morgan fingerprint density at radius 3 is 2.32 bits per heavy atom. The smallest absolute Gasteiger partial charge is 0.251 e. The number of amides is 5. The van der Waals surface area contributed by atoms with Gasteiger partial charge >= 0.3 is 0 Å². The molecule has 0 aliphatic carbocycles. The number of aromatic nitrogens is 2. The Morgan fingerprint density at radius 2 is 1.68 bits per heavy atom. The van der Waals surface area contributed by atoms with Crippen molar-refractivity contribution < 1.29 is 43.3 Å². The van der Waals surface area contributed by atoms with Crippen molar-refractivity contribution in [2.45, 2.75) is 85.0 Å². The maximum atomic E-state index is 13.7. The van der Waals surface area contributed by atoms with E-state index in [1.165, 1.54) is 26.0 Å². The molecule has 0 radical (unpaired) electrons. The summed E-state index contributed by atoms with van der Waals surface area (Å²) in [6.07, 6.45) is 0.130. The molecule has 16 heteroatoms. The Morgan fingerprint density at radius 1 is 0.946 bits per heavy atom. The molecule has 5 amide bonds. The topological polar surface area (TPSA) is 202 Å². The number of ether oxygens (including phenoxy) is 3.